The molecule has 2 aromatic heterocycles. The molecule has 130 valence electrons. The first-order chi connectivity index (χ1) is 11.9. The molecule has 0 saturated heterocycles. The lowest BCUT2D eigenvalue weighted by molar-refractivity contribution is 0.102. The fourth-order valence-electron chi connectivity index (χ4n) is 2.20. The Morgan fingerprint density at radius 3 is 2.64 bits per heavy atom. The molecule has 1 amide bonds. The van der Waals surface area contributed by atoms with Crippen LogP contribution in [0.1, 0.15) is 21.9 Å². The summed E-state index contributed by atoms with van der Waals surface area (Å²) in [6.45, 7) is 3.56. The third-order valence-corrected chi connectivity index (χ3v) is 5.94. The van der Waals surface area contributed by atoms with E-state index in [4.69, 9.17) is 4.42 Å². The standard InChI is InChI=1S/C15H13Br2N5O2S/c1-7-12(13(17)8(2)24-7)14(23)18-10-6-9(16)4-5-11(10)25-15-19-20-21-22(15)3/h4-6H,1-3H3,(H,18,23). The van der Waals surface area contributed by atoms with Crippen LogP contribution in [-0.4, -0.2) is 26.1 Å². The molecule has 10 heteroatoms. The zero-order chi connectivity index (χ0) is 18.1. The second-order valence-corrected chi connectivity index (χ2v) is 7.90. The van der Waals surface area contributed by atoms with Gasteiger partial charge in [0.05, 0.1) is 15.7 Å². The minimum atomic E-state index is -0.253. The van der Waals surface area contributed by atoms with E-state index in [0.29, 0.717) is 32.4 Å². The van der Waals surface area contributed by atoms with Crippen molar-refractivity contribution in [3.63, 3.8) is 0 Å². The molecule has 3 rings (SSSR count). The molecule has 0 saturated carbocycles. The highest BCUT2D eigenvalue weighted by Crippen LogP contribution is 2.35. The van der Waals surface area contributed by atoms with Gasteiger partial charge in [0, 0.05) is 16.4 Å². The molecule has 0 unspecified atom stereocenters. The summed E-state index contributed by atoms with van der Waals surface area (Å²) in [6, 6.07) is 5.62. The first kappa shape index (κ1) is 18.2. The van der Waals surface area contributed by atoms with Crippen molar-refractivity contribution in [3.05, 3.63) is 44.2 Å². The van der Waals surface area contributed by atoms with E-state index in [-0.39, 0.29) is 5.91 Å². The van der Waals surface area contributed by atoms with Crippen LogP contribution >= 0.6 is 43.6 Å². The zero-order valence-electron chi connectivity index (χ0n) is 13.5. The molecule has 25 heavy (non-hydrogen) atoms. The molecule has 0 aliphatic carbocycles. The van der Waals surface area contributed by atoms with Crippen molar-refractivity contribution in [3.8, 4) is 0 Å². The van der Waals surface area contributed by atoms with Gasteiger partial charge in [0.1, 0.15) is 11.5 Å². The van der Waals surface area contributed by atoms with E-state index < -0.39 is 0 Å². The molecule has 0 atom stereocenters. The Morgan fingerprint density at radius 2 is 2.04 bits per heavy atom. The van der Waals surface area contributed by atoms with Gasteiger partial charge in [-0.15, -0.1) is 5.10 Å². The fraction of sp³-hybridized carbons (Fsp3) is 0.200. The molecular formula is C15H13Br2N5O2S. The lowest BCUT2D eigenvalue weighted by Crippen LogP contribution is -2.13. The predicted molar refractivity (Wildman–Crippen MR) is 101 cm³/mol. The van der Waals surface area contributed by atoms with E-state index in [1.807, 2.05) is 18.2 Å². The summed E-state index contributed by atoms with van der Waals surface area (Å²) in [4.78, 5) is 13.6. The minimum absolute atomic E-state index is 0.253. The van der Waals surface area contributed by atoms with Gasteiger partial charge in [-0.05, 0) is 70.2 Å². The molecule has 2 heterocycles. The molecule has 0 radical (unpaired) electrons. The van der Waals surface area contributed by atoms with Crippen molar-refractivity contribution >= 4 is 55.2 Å². The highest BCUT2D eigenvalue weighted by atomic mass is 79.9. The monoisotopic (exact) mass is 485 g/mol. The summed E-state index contributed by atoms with van der Waals surface area (Å²) in [5, 5.41) is 15.0. The SMILES string of the molecule is Cc1oc(C)c(C(=O)Nc2cc(Br)ccc2Sc2nnnn2C)c1Br. The van der Waals surface area contributed by atoms with E-state index in [2.05, 4.69) is 52.7 Å². The van der Waals surface area contributed by atoms with E-state index in [1.165, 1.54) is 11.8 Å². The van der Waals surface area contributed by atoms with Gasteiger partial charge in [0.15, 0.2) is 0 Å². The van der Waals surface area contributed by atoms with Gasteiger partial charge in [-0.3, -0.25) is 4.79 Å². The molecule has 3 aromatic rings. The number of aromatic nitrogens is 4. The van der Waals surface area contributed by atoms with Crippen LogP contribution in [0.25, 0.3) is 0 Å². The first-order valence-electron chi connectivity index (χ1n) is 7.13. The van der Waals surface area contributed by atoms with Crippen LogP contribution in [-0.2, 0) is 7.05 Å². The van der Waals surface area contributed by atoms with Gasteiger partial charge in [-0.1, -0.05) is 15.9 Å². The molecule has 7 nitrogen and oxygen atoms in total. The average Bonchev–Trinajstić information content (AvgIpc) is 3.05. The summed E-state index contributed by atoms with van der Waals surface area (Å²) in [7, 11) is 1.76. The Morgan fingerprint density at radius 1 is 1.28 bits per heavy atom. The maximum atomic E-state index is 12.7. The number of amides is 1. The smallest absolute Gasteiger partial charge is 0.260 e. The summed E-state index contributed by atoms with van der Waals surface area (Å²) < 4.78 is 8.58. The number of aryl methyl sites for hydroxylation is 3. The van der Waals surface area contributed by atoms with Gasteiger partial charge in [-0.25, -0.2) is 4.68 Å². The van der Waals surface area contributed by atoms with Crippen molar-refractivity contribution in [1.29, 1.82) is 0 Å². The number of hydrogen-bond donors (Lipinski definition) is 1. The number of furan rings is 1. The number of nitrogens with one attached hydrogen (secondary N) is 1. The van der Waals surface area contributed by atoms with Crippen molar-refractivity contribution in [1.82, 2.24) is 20.2 Å². The van der Waals surface area contributed by atoms with Crippen LogP contribution in [0.2, 0.25) is 0 Å². The predicted octanol–water partition coefficient (Wildman–Crippen LogP) is 4.35. The van der Waals surface area contributed by atoms with Crippen LogP contribution in [0, 0.1) is 13.8 Å². The number of carbonyl (C=O) groups excluding carboxylic acids is 1. The molecule has 1 aromatic carbocycles. The highest BCUT2D eigenvalue weighted by Gasteiger charge is 2.21. The normalized spacial score (nSPS) is 10.9. The second-order valence-electron chi connectivity index (χ2n) is 5.19. The van der Waals surface area contributed by atoms with E-state index in [1.54, 1.807) is 25.6 Å². The average molecular weight is 487 g/mol. The van der Waals surface area contributed by atoms with Crippen molar-refractivity contribution < 1.29 is 9.21 Å². The third kappa shape index (κ3) is 3.80. The third-order valence-electron chi connectivity index (χ3n) is 3.39. The largest absolute Gasteiger partial charge is 0.465 e. The van der Waals surface area contributed by atoms with E-state index in [9.17, 15) is 4.79 Å². The first-order valence-corrected chi connectivity index (χ1v) is 9.53. The number of anilines is 1. The van der Waals surface area contributed by atoms with Crippen molar-refractivity contribution in [2.75, 3.05) is 5.32 Å². The molecule has 0 aliphatic rings. The Hall–Kier alpha value is -1.65. The Bertz CT molecular complexity index is 954. The number of halogens is 2. The second kappa shape index (κ2) is 7.30. The molecule has 1 N–H and O–H groups in total. The van der Waals surface area contributed by atoms with Gasteiger partial charge < -0.3 is 9.73 Å². The molecule has 0 bridgehead atoms. The van der Waals surface area contributed by atoms with Crippen molar-refractivity contribution in [2.24, 2.45) is 7.05 Å². The zero-order valence-corrected chi connectivity index (χ0v) is 17.5. The van der Waals surface area contributed by atoms with Crippen LogP contribution < -0.4 is 5.32 Å². The van der Waals surface area contributed by atoms with Crippen LogP contribution in [0.5, 0.6) is 0 Å². The number of rotatable bonds is 4. The summed E-state index contributed by atoms with van der Waals surface area (Å²) >= 11 is 8.20. The number of benzene rings is 1. The summed E-state index contributed by atoms with van der Waals surface area (Å²) in [6.07, 6.45) is 0. The quantitative estimate of drug-likeness (QED) is 0.590. The molecule has 0 fully saturated rings. The number of hydrogen-bond acceptors (Lipinski definition) is 6. The van der Waals surface area contributed by atoms with Crippen LogP contribution in [0.15, 0.2) is 41.6 Å². The van der Waals surface area contributed by atoms with Crippen molar-refractivity contribution in [2.45, 2.75) is 23.9 Å². The lowest BCUT2D eigenvalue weighted by atomic mass is 10.2. The number of nitrogens with zero attached hydrogens (tertiary/aromatic N) is 4. The van der Waals surface area contributed by atoms with Gasteiger partial charge in [-0.2, -0.15) is 0 Å². The Labute approximate surface area is 164 Å². The highest BCUT2D eigenvalue weighted by molar-refractivity contribution is 9.10. The number of carbonyl (C=O) groups is 1. The maximum Gasteiger partial charge on any atom is 0.260 e. The van der Waals surface area contributed by atoms with Crippen LogP contribution in [0.3, 0.4) is 0 Å². The maximum absolute atomic E-state index is 12.7. The Kier molecular flexibility index (Phi) is 5.30. The van der Waals surface area contributed by atoms with Gasteiger partial charge in [0.25, 0.3) is 5.91 Å². The Balaban J connectivity index is 1.92. The molecule has 0 aliphatic heterocycles. The number of tetrazole rings is 1. The summed E-state index contributed by atoms with van der Waals surface area (Å²) in [5.41, 5.74) is 1.13. The topological polar surface area (TPSA) is 85.8 Å². The fourth-order valence-corrected chi connectivity index (χ4v) is 3.90. The van der Waals surface area contributed by atoms with E-state index >= 15 is 0 Å². The van der Waals surface area contributed by atoms with Gasteiger partial charge in [0.2, 0.25) is 5.16 Å². The lowest BCUT2D eigenvalue weighted by Gasteiger charge is -2.11. The molecular weight excluding hydrogens is 474 g/mol. The van der Waals surface area contributed by atoms with Crippen LogP contribution in [0.4, 0.5) is 5.69 Å². The minimum Gasteiger partial charge on any atom is -0.465 e. The van der Waals surface area contributed by atoms with E-state index in [0.717, 1.165) is 9.37 Å². The molecule has 0 spiro atoms. The summed E-state index contributed by atoms with van der Waals surface area (Å²) in [5.74, 6) is 0.970. The van der Waals surface area contributed by atoms with Gasteiger partial charge >= 0.3 is 0 Å².